The number of anilines is 1. The lowest BCUT2D eigenvalue weighted by atomic mass is 9.80. The lowest BCUT2D eigenvalue weighted by Crippen LogP contribution is -2.51. The van der Waals surface area contributed by atoms with E-state index in [1.807, 2.05) is 12.1 Å². The molecule has 1 saturated carbocycles. The minimum atomic E-state index is -0.925. The lowest BCUT2D eigenvalue weighted by Gasteiger charge is -2.35. The Morgan fingerprint density at radius 2 is 1.69 bits per heavy atom. The molecule has 5 atom stereocenters. The molecule has 2 bridgehead atoms. The van der Waals surface area contributed by atoms with Gasteiger partial charge in [0.05, 0.1) is 23.4 Å². The van der Waals surface area contributed by atoms with Crippen molar-refractivity contribution in [2.45, 2.75) is 109 Å². The second-order valence-electron chi connectivity index (χ2n) is 16.0. The largest absolute Gasteiger partial charge is 0.444 e. The van der Waals surface area contributed by atoms with Crippen LogP contribution in [-0.4, -0.2) is 70.1 Å². The molecule has 3 aliphatic heterocycles. The highest BCUT2D eigenvalue weighted by Crippen LogP contribution is 2.47. The van der Waals surface area contributed by atoms with Crippen LogP contribution in [0.5, 0.6) is 0 Å². The topological polar surface area (TPSA) is 129 Å². The summed E-state index contributed by atoms with van der Waals surface area (Å²) in [6, 6.07) is 11.8. The molecule has 3 heterocycles. The standard InChI is InChI=1S/C38H45FN4O6/c1-36(2,3)48-34(46)42-14-13-38(21-42)28-18-23(10-12-30(28)41-33(38)45)24-7-8-25(29(39)19-24)15-22(20-40)16-31(44)32-26-9-11-27(17-26)43(32)35(47)49-37(4,5)6/h7-8,10,12,18-19,22,26-27,32H,9,11,13-17,21H2,1-6H3,(H,41,45)/t22-,26+,27-,32+,38?/m1/s1. The second-order valence-corrected chi connectivity index (χ2v) is 16.0. The molecule has 1 unspecified atom stereocenters. The first kappa shape index (κ1) is 34.4. The van der Waals surface area contributed by atoms with Crippen LogP contribution in [0.4, 0.5) is 19.7 Å². The van der Waals surface area contributed by atoms with Gasteiger partial charge in [-0.15, -0.1) is 0 Å². The normalized spacial score (nSPS) is 24.9. The van der Waals surface area contributed by atoms with Gasteiger partial charge in [0.2, 0.25) is 5.91 Å². The SMILES string of the molecule is CC(C)(C)OC(=O)N1CCC2(C1)C(=O)Nc1ccc(-c3ccc(C[C@@H](C#N)CC(=O)[C@@H]4[C@H]5CC[C@H](C5)N4C(=O)OC(C)(C)C)c(F)c3)cc12. The van der Waals surface area contributed by atoms with Gasteiger partial charge in [0.25, 0.3) is 0 Å². The highest BCUT2D eigenvalue weighted by atomic mass is 19.1. The van der Waals surface area contributed by atoms with E-state index in [-0.39, 0.29) is 43.0 Å². The molecule has 0 aromatic heterocycles. The number of benzene rings is 2. The molecular weight excluding hydrogens is 627 g/mol. The van der Waals surface area contributed by atoms with Crippen LogP contribution in [0, 0.1) is 29.0 Å². The van der Waals surface area contributed by atoms with Crippen molar-refractivity contribution in [2.75, 3.05) is 18.4 Å². The number of ketones is 1. The van der Waals surface area contributed by atoms with Gasteiger partial charge >= 0.3 is 12.2 Å². The first-order chi connectivity index (χ1) is 23.0. The predicted octanol–water partition coefficient (Wildman–Crippen LogP) is 6.75. The maximum Gasteiger partial charge on any atom is 0.411 e. The maximum atomic E-state index is 15.6. The number of carbonyl (C=O) groups excluding carboxylic acids is 4. The summed E-state index contributed by atoms with van der Waals surface area (Å²) in [4.78, 5) is 55.8. The number of carbonyl (C=O) groups is 4. The maximum absolute atomic E-state index is 15.6. The van der Waals surface area contributed by atoms with Crippen LogP contribution in [0.15, 0.2) is 36.4 Å². The Hall–Kier alpha value is -4.46. The van der Waals surface area contributed by atoms with Crippen molar-refractivity contribution >= 4 is 29.6 Å². The zero-order valence-corrected chi connectivity index (χ0v) is 29.1. The zero-order valence-electron chi connectivity index (χ0n) is 29.1. The first-order valence-corrected chi connectivity index (χ1v) is 17.1. The lowest BCUT2D eigenvalue weighted by molar-refractivity contribution is -0.126. The molecule has 260 valence electrons. The van der Waals surface area contributed by atoms with E-state index in [4.69, 9.17) is 9.47 Å². The number of Topliss-reactive ketones (excluding diaryl/α,β-unsaturated/α-hetero) is 1. The first-order valence-electron chi connectivity index (χ1n) is 17.1. The predicted molar refractivity (Wildman–Crippen MR) is 180 cm³/mol. The number of halogens is 1. The van der Waals surface area contributed by atoms with Crippen molar-refractivity contribution in [2.24, 2.45) is 11.8 Å². The van der Waals surface area contributed by atoms with Crippen molar-refractivity contribution in [3.05, 3.63) is 53.3 Å². The number of hydrogen-bond donors (Lipinski definition) is 1. The zero-order chi connectivity index (χ0) is 35.5. The smallest absolute Gasteiger partial charge is 0.411 e. The molecule has 2 aromatic rings. The molecule has 1 spiro atoms. The summed E-state index contributed by atoms with van der Waals surface area (Å²) in [7, 11) is 0. The molecule has 11 heteroatoms. The molecule has 4 aliphatic rings. The molecule has 49 heavy (non-hydrogen) atoms. The second kappa shape index (κ2) is 12.5. The average molecular weight is 673 g/mol. The number of amides is 3. The van der Waals surface area contributed by atoms with Gasteiger partial charge < -0.3 is 19.7 Å². The minimum Gasteiger partial charge on any atom is -0.444 e. The summed E-state index contributed by atoms with van der Waals surface area (Å²) in [5, 5.41) is 12.9. The summed E-state index contributed by atoms with van der Waals surface area (Å²) in [5.41, 5.74) is 0.771. The van der Waals surface area contributed by atoms with Gasteiger partial charge in [-0.25, -0.2) is 14.0 Å². The van der Waals surface area contributed by atoms with Crippen LogP contribution < -0.4 is 5.32 Å². The van der Waals surface area contributed by atoms with Gasteiger partial charge in [-0.1, -0.05) is 18.2 Å². The Labute approximate surface area is 286 Å². The average Bonchev–Trinajstić information content (AvgIpc) is 3.80. The van der Waals surface area contributed by atoms with E-state index in [1.165, 1.54) is 6.07 Å². The van der Waals surface area contributed by atoms with Crippen LogP contribution in [0.2, 0.25) is 0 Å². The van der Waals surface area contributed by atoms with Crippen molar-refractivity contribution in [1.29, 1.82) is 5.26 Å². The molecular formula is C38H45FN4O6. The molecule has 3 amide bonds. The summed E-state index contributed by atoms with van der Waals surface area (Å²) >= 11 is 0. The fourth-order valence-corrected chi connectivity index (χ4v) is 7.96. The van der Waals surface area contributed by atoms with Gasteiger partial charge in [0.1, 0.15) is 17.0 Å². The number of fused-ring (bicyclic) bond motifs is 4. The number of ether oxygens (including phenoxy) is 2. The molecule has 10 nitrogen and oxygen atoms in total. The Morgan fingerprint density at radius 1 is 1.02 bits per heavy atom. The van der Waals surface area contributed by atoms with E-state index in [1.54, 1.807) is 69.5 Å². The quantitative estimate of drug-likeness (QED) is 0.359. The number of nitriles is 1. The third-order valence-electron chi connectivity index (χ3n) is 10.1. The van der Waals surface area contributed by atoms with Crippen LogP contribution in [0.3, 0.4) is 0 Å². The molecule has 3 fully saturated rings. The van der Waals surface area contributed by atoms with Crippen LogP contribution in [0.1, 0.15) is 84.8 Å². The Kier molecular flexibility index (Phi) is 8.74. The molecule has 1 N–H and O–H groups in total. The van der Waals surface area contributed by atoms with Crippen molar-refractivity contribution in [1.82, 2.24) is 9.80 Å². The van der Waals surface area contributed by atoms with Crippen molar-refractivity contribution in [3.8, 4) is 17.2 Å². The Morgan fingerprint density at radius 3 is 2.37 bits per heavy atom. The number of nitrogens with one attached hydrogen (secondary N) is 1. The third kappa shape index (κ3) is 6.75. The molecule has 2 saturated heterocycles. The fraction of sp³-hybridized carbons (Fsp3) is 0.553. The van der Waals surface area contributed by atoms with E-state index in [9.17, 15) is 24.4 Å². The van der Waals surface area contributed by atoms with Crippen molar-refractivity contribution in [3.63, 3.8) is 0 Å². The monoisotopic (exact) mass is 672 g/mol. The van der Waals surface area contributed by atoms with Gasteiger partial charge in [-0.05, 0) is 120 Å². The summed E-state index contributed by atoms with van der Waals surface area (Å²) < 4.78 is 26.8. The van der Waals surface area contributed by atoms with Crippen LogP contribution in [-0.2, 0) is 30.9 Å². The number of piperidine rings is 1. The van der Waals surface area contributed by atoms with E-state index >= 15 is 4.39 Å². The molecule has 0 radical (unpaired) electrons. The summed E-state index contributed by atoms with van der Waals surface area (Å²) in [6.45, 7) is 11.3. The van der Waals surface area contributed by atoms with E-state index in [0.29, 0.717) is 35.3 Å². The molecule has 6 rings (SSSR count). The van der Waals surface area contributed by atoms with Gasteiger partial charge in [0.15, 0.2) is 5.78 Å². The van der Waals surface area contributed by atoms with Crippen molar-refractivity contribution < 1.29 is 33.0 Å². The number of nitrogens with zero attached hydrogens (tertiary/aromatic N) is 3. The highest BCUT2D eigenvalue weighted by molar-refractivity contribution is 6.07. The van der Waals surface area contributed by atoms with E-state index < -0.39 is 46.6 Å². The fourth-order valence-electron chi connectivity index (χ4n) is 7.96. The van der Waals surface area contributed by atoms with Gasteiger partial charge in [-0.3, -0.25) is 14.5 Å². The van der Waals surface area contributed by atoms with E-state index in [2.05, 4.69) is 11.4 Å². The third-order valence-corrected chi connectivity index (χ3v) is 10.1. The molecule has 2 aromatic carbocycles. The van der Waals surface area contributed by atoms with E-state index in [0.717, 1.165) is 24.8 Å². The highest BCUT2D eigenvalue weighted by Gasteiger charge is 2.54. The summed E-state index contributed by atoms with van der Waals surface area (Å²) in [6.07, 6.45) is 1.87. The summed E-state index contributed by atoms with van der Waals surface area (Å²) in [5.74, 6) is -1.58. The minimum absolute atomic E-state index is 0.0418. The Bertz CT molecular complexity index is 1740. The number of likely N-dealkylation sites (tertiary alicyclic amines) is 2. The number of rotatable bonds is 6. The van der Waals surface area contributed by atoms with Gasteiger partial charge in [-0.2, -0.15) is 5.26 Å². The number of hydrogen-bond acceptors (Lipinski definition) is 7. The van der Waals surface area contributed by atoms with Crippen LogP contribution >= 0.6 is 0 Å². The molecule has 1 aliphatic carbocycles. The Balaban J connectivity index is 1.16. The van der Waals surface area contributed by atoms with Crippen LogP contribution in [0.25, 0.3) is 11.1 Å². The van der Waals surface area contributed by atoms with Gasteiger partial charge in [0, 0.05) is 31.2 Å².